The van der Waals surface area contributed by atoms with E-state index in [0.717, 1.165) is 11.1 Å². The van der Waals surface area contributed by atoms with Crippen LogP contribution in [0.1, 0.15) is 24.0 Å². The maximum atomic E-state index is 12.9. The maximum Gasteiger partial charge on any atom is 0.243 e. The summed E-state index contributed by atoms with van der Waals surface area (Å²) in [5.74, 6) is -0.403. The summed E-state index contributed by atoms with van der Waals surface area (Å²) in [6.45, 7) is 0.998. The minimum absolute atomic E-state index is 0.0459. The molecule has 164 valence electrons. The molecule has 1 saturated heterocycles. The normalized spacial score (nSPS) is 15.3. The van der Waals surface area contributed by atoms with Crippen LogP contribution in [0.3, 0.4) is 0 Å². The number of hydrogen-bond acceptors (Lipinski definition) is 4. The van der Waals surface area contributed by atoms with Gasteiger partial charge in [-0.1, -0.05) is 52.6 Å². The highest BCUT2D eigenvalue weighted by atomic mass is 35.5. The van der Waals surface area contributed by atoms with Crippen molar-refractivity contribution in [2.45, 2.75) is 30.8 Å². The lowest BCUT2D eigenvalue weighted by molar-refractivity contribution is -0.126. The molecular formula is C20H21Cl2N5O3S. The average Bonchev–Trinajstić information content (AvgIpc) is 2.76. The fourth-order valence-electron chi connectivity index (χ4n) is 3.50. The van der Waals surface area contributed by atoms with Crippen molar-refractivity contribution in [1.29, 1.82) is 0 Å². The number of azide groups is 1. The van der Waals surface area contributed by atoms with Crippen LogP contribution in [-0.4, -0.2) is 31.7 Å². The van der Waals surface area contributed by atoms with Crippen LogP contribution in [0.5, 0.6) is 0 Å². The largest absolute Gasteiger partial charge is 0.352 e. The maximum absolute atomic E-state index is 12.9. The fraction of sp³-hybridized carbons (Fsp3) is 0.350. The second kappa shape index (κ2) is 10.3. The first-order chi connectivity index (χ1) is 14.8. The SMILES string of the molecule is [N-]=[N+]=NCc1ccccc1CNC(=O)C1CCN(S(=O)(=O)c2cc(Cl)cc(Cl)c2)CC1. The molecule has 0 unspecified atom stereocenters. The first-order valence-corrected chi connectivity index (χ1v) is 11.8. The molecule has 1 fully saturated rings. The Balaban J connectivity index is 1.58. The van der Waals surface area contributed by atoms with Crippen molar-refractivity contribution in [1.82, 2.24) is 9.62 Å². The molecule has 31 heavy (non-hydrogen) atoms. The first-order valence-electron chi connectivity index (χ1n) is 9.63. The second-order valence-corrected chi connectivity index (χ2v) is 9.97. The van der Waals surface area contributed by atoms with Gasteiger partial charge in [0.2, 0.25) is 15.9 Å². The zero-order valence-electron chi connectivity index (χ0n) is 16.5. The van der Waals surface area contributed by atoms with Gasteiger partial charge in [0.05, 0.1) is 11.4 Å². The molecule has 0 atom stereocenters. The molecule has 0 spiro atoms. The van der Waals surface area contributed by atoms with Gasteiger partial charge in [-0.25, -0.2) is 8.42 Å². The van der Waals surface area contributed by atoms with Crippen molar-refractivity contribution in [3.05, 3.63) is 74.1 Å². The van der Waals surface area contributed by atoms with Crippen molar-refractivity contribution in [2.75, 3.05) is 13.1 Å². The van der Waals surface area contributed by atoms with Gasteiger partial charge in [0.15, 0.2) is 0 Å². The van der Waals surface area contributed by atoms with Crippen LogP contribution in [0.15, 0.2) is 52.5 Å². The molecule has 1 heterocycles. The van der Waals surface area contributed by atoms with Crippen LogP contribution in [0.2, 0.25) is 10.0 Å². The third kappa shape index (κ3) is 5.90. The molecule has 0 saturated carbocycles. The Morgan fingerprint density at radius 3 is 2.35 bits per heavy atom. The van der Waals surface area contributed by atoms with E-state index in [-0.39, 0.29) is 46.4 Å². The Morgan fingerprint density at radius 2 is 1.74 bits per heavy atom. The summed E-state index contributed by atoms with van der Waals surface area (Å²) in [7, 11) is -3.73. The van der Waals surface area contributed by atoms with E-state index in [4.69, 9.17) is 28.7 Å². The van der Waals surface area contributed by atoms with Gasteiger partial charge < -0.3 is 5.32 Å². The standard InChI is InChI=1S/C20H21Cl2N5O3S/c21-17-9-18(22)11-19(10-17)31(29,30)27-7-5-14(6-8-27)20(28)24-12-15-3-1-2-4-16(15)13-25-26-23/h1-4,9-11,14H,5-8,12-13H2,(H,24,28). The van der Waals surface area contributed by atoms with Crippen LogP contribution >= 0.6 is 23.2 Å². The van der Waals surface area contributed by atoms with Gasteiger partial charge in [0.1, 0.15) is 0 Å². The number of nitrogens with zero attached hydrogens (tertiary/aromatic N) is 4. The molecule has 1 aliphatic heterocycles. The van der Waals surface area contributed by atoms with Crippen LogP contribution in [-0.2, 0) is 27.9 Å². The Bertz CT molecular complexity index is 1090. The molecule has 0 radical (unpaired) electrons. The number of rotatable bonds is 7. The van der Waals surface area contributed by atoms with E-state index in [1.807, 2.05) is 24.3 Å². The molecule has 0 bridgehead atoms. The molecule has 2 aromatic carbocycles. The summed E-state index contributed by atoms with van der Waals surface area (Å²) < 4.78 is 27.1. The smallest absolute Gasteiger partial charge is 0.243 e. The number of amides is 1. The van der Waals surface area contributed by atoms with Gasteiger partial charge in [-0.2, -0.15) is 4.31 Å². The van der Waals surface area contributed by atoms with Gasteiger partial charge in [-0.05, 0) is 47.7 Å². The Kier molecular flexibility index (Phi) is 7.80. The molecule has 2 aromatic rings. The van der Waals surface area contributed by atoms with Gasteiger partial charge in [0, 0.05) is 40.5 Å². The zero-order valence-corrected chi connectivity index (χ0v) is 18.9. The average molecular weight is 482 g/mol. The van der Waals surface area contributed by atoms with E-state index in [1.165, 1.54) is 22.5 Å². The van der Waals surface area contributed by atoms with E-state index in [0.29, 0.717) is 19.4 Å². The molecule has 3 rings (SSSR count). The topological polar surface area (TPSA) is 115 Å². The number of hydrogen-bond donors (Lipinski definition) is 1. The third-order valence-corrected chi connectivity index (χ3v) is 7.49. The minimum atomic E-state index is -3.73. The predicted octanol–water partition coefficient (Wildman–Crippen LogP) is 4.52. The van der Waals surface area contributed by atoms with Crippen molar-refractivity contribution in [3.63, 3.8) is 0 Å². The summed E-state index contributed by atoms with van der Waals surface area (Å²) >= 11 is 11.9. The van der Waals surface area contributed by atoms with E-state index >= 15 is 0 Å². The summed E-state index contributed by atoms with van der Waals surface area (Å²) in [6, 6.07) is 11.6. The Morgan fingerprint density at radius 1 is 1.13 bits per heavy atom. The molecule has 11 heteroatoms. The zero-order chi connectivity index (χ0) is 22.4. The van der Waals surface area contributed by atoms with E-state index in [9.17, 15) is 13.2 Å². The van der Waals surface area contributed by atoms with Crippen LogP contribution < -0.4 is 5.32 Å². The number of nitrogens with one attached hydrogen (secondary N) is 1. The molecule has 1 N–H and O–H groups in total. The second-order valence-electron chi connectivity index (χ2n) is 7.16. The van der Waals surface area contributed by atoms with Gasteiger partial charge in [-0.3, -0.25) is 4.79 Å². The number of halogens is 2. The highest BCUT2D eigenvalue weighted by Gasteiger charge is 2.32. The summed E-state index contributed by atoms with van der Waals surface area (Å²) in [5.41, 5.74) is 10.2. The summed E-state index contributed by atoms with van der Waals surface area (Å²) in [4.78, 5) is 15.4. The van der Waals surface area contributed by atoms with Crippen molar-refractivity contribution in [2.24, 2.45) is 11.0 Å². The summed E-state index contributed by atoms with van der Waals surface area (Å²) in [6.07, 6.45) is 0.833. The lowest BCUT2D eigenvalue weighted by Gasteiger charge is -2.30. The van der Waals surface area contributed by atoms with Gasteiger partial charge in [0.25, 0.3) is 0 Å². The van der Waals surface area contributed by atoms with Crippen molar-refractivity contribution >= 4 is 39.1 Å². The molecular weight excluding hydrogens is 461 g/mol. The number of carbonyl (C=O) groups excluding carboxylic acids is 1. The number of sulfonamides is 1. The highest BCUT2D eigenvalue weighted by molar-refractivity contribution is 7.89. The molecule has 0 aromatic heterocycles. The first kappa shape index (κ1) is 23.4. The quantitative estimate of drug-likeness (QED) is 0.355. The summed E-state index contributed by atoms with van der Waals surface area (Å²) in [5, 5.41) is 6.99. The fourth-order valence-corrected chi connectivity index (χ4v) is 5.70. The number of carbonyl (C=O) groups is 1. The van der Waals surface area contributed by atoms with Crippen molar-refractivity contribution < 1.29 is 13.2 Å². The van der Waals surface area contributed by atoms with Crippen LogP contribution in [0, 0.1) is 5.92 Å². The minimum Gasteiger partial charge on any atom is -0.352 e. The van der Waals surface area contributed by atoms with E-state index in [1.54, 1.807) is 0 Å². The molecule has 1 aliphatic rings. The van der Waals surface area contributed by atoms with Crippen molar-refractivity contribution in [3.8, 4) is 0 Å². The lowest BCUT2D eigenvalue weighted by Crippen LogP contribution is -2.42. The Hall–Kier alpha value is -2.29. The van der Waals surface area contributed by atoms with Crippen LogP contribution in [0.25, 0.3) is 10.4 Å². The van der Waals surface area contributed by atoms with Gasteiger partial charge >= 0.3 is 0 Å². The van der Waals surface area contributed by atoms with E-state index < -0.39 is 10.0 Å². The molecule has 0 aliphatic carbocycles. The molecule has 1 amide bonds. The van der Waals surface area contributed by atoms with Gasteiger partial charge in [-0.15, -0.1) is 0 Å². The third-order valence-electron chi connectivity index (χ3n) is 5.17. The van der Waals surface area contributed by atoms with Crippen LogP contribution in [0.4, 0.5) is 0 Å². The highest BCUT2D eigenvalue weighted by Crippen LogP contribution is 2.28. The monoisotopic (exact) mass is 481 g/mol. The molecule has 8 nitrogen and oxygen atoms in total. The number of piperidine rings is 1. The number of benzene rings is 2. The van der Waals surface area contributed by atoms with E-state index in [2.05, 4.69) is 15.3 Å². The predicted molar refractivity (Wildman–Crippen MR) is 119 cm³/mol. The Labute approximate surface area is 190 Å². The lowest BCUT2D eigenvalue weighted by atomic mass is 9.97.